The zero-order valence-corrected chi connectivity index (χ0v) is 16.9. The van der Waals surface area contributed by atoms with Gasteiger partial charge in [-0.15, -0.1) is 0 Å². The minimum Gasteiger partial charge on any atom is -0.335 e. The van der Waals surface area contributed by atoms with Crippen LogP contribution in [-0.4, -0.2) is 30.9 Å². The number of rotatable bonds is 17. The Labute approximate surface area is 157 Å². The van der Waals surface area contributed by atoms with Gasteiger partial charge in [0.2, 0.25) is 0 Å². The Hall–Kier alpha value is -0.830. The van der Waals surface area contributed by atoms with Crippen LogP contribution in [0.2, 0.25) is 0 Å². The van der Waals surface area contributed by atoms with E-state index in [1.807, 2.05) is 6.34 Å². The van der Waals surface area contributed by atoms with Crippen LogP contribution in [0.3, 0.4) is 0 Å². The van der Waals surface area contributed by atoms with Crippen LogP contribution in [0.15, 0.2) is 16.8 Å². The minimum atomic E-state index is 0.731. The lowest BCUT2D eigenvalue weighted by Gasteiger charge is -2.18. The van der Waals surface area contributed by atoms with E-state index in [0.717, 1.165) is 26.1 Å². The normalized spacial score (nSPS) is 14.6. The average Bonchev–Trinajstić information content (AvgIpc) is 3.15. The Balaban J connectivity index is 1.89. The number of nitrogens with zero attached hydrogens (tertiary/aromatic N) is 2. The summed E-state index contributed by atoms with van der Waals surface area (Å²) < 4.78 is 0. The van der Waals surface area contributed by atoms with Crippen LogP contribution in [-0.2, 0) is 0 Å². The number of hydrogen-bond donors (Lipinski definition) is 1. The molecule has 0 aromatic rings. The number of hydrogen-bond acceptors (Lipinski definition) is 3. The topological polar surface area (TPSA) is 41.6 Å². The van der Waals surface area contributed by atoms with Crippen LogP contribution in [0.1, 0.15) is 103 Å². The molecule has 1 rings (SSSR count). The van der Waals surface area contributed by atoms with Crippen molar-refractivity contribution in [3.05, 3.63) is 11.8 Å². The first kappa shape index (κ1) is 22.2. The zero-order chi connectivity index (χ0) is 18.0. The lowest BCUT2D eigenvalue weighted by Crippen LogP contribution is -2.21. The van der Waals surface area contributed by atoms with E-state index in [1.165, 1.54) is 95.6 Å². The Kier molecular flexibility index (Phi) is 14.8. The fourth-order valence-electron chi connectivity index (χ4n) is 3.54. The number of allylic oxidation sites excluding steroid dienone is 1. The summed E-state index contributed by atoms with van der Waals surface area (Å²) >= 11 is 0. The molecule has 1 aliphatic rings. The van der Waals surface area contributed by atoms with Crippen molar-refractivity contribution >= 4 is 6.34 Å². The molecule has 3 heteroatoms. The molecule has 0 aliphatic carbocycles. The average molecular weight is 350 g/mol. The van der Waals surface area contributed by atoms with Gasteiger partial charge >= 0.3 is 0 Å². The van der Waals surface area contributed by atoms with Crippen molar-refractivity contribution in [1.29, 1.82) is 0 Å². The van der Waals surface area contributed by atoms with Gasteiger partial charge in [0.1, 0.15) is 0 Å². The van der Waals surface area contributed by atoms with Gasteiger partial charge in [-0.3, -0.25) is 4.99 Å². The van der Waals surface area contributed by atoms with Gasteiger partial charge in [-0.2, -0.15) is 0 Å². The first-order valence-corrected chi connectivity index (χ1v) is 11.0. The van der Waals surface area contributed by atoms with Gasteiger partial charge in [0, 0.05) is 12.2 Å². The van der Waals surface area contributed by atoms with E-state index in [2.05, 4.69) is 22.9 Å². The summed E-state index contributed by atoms with van der Waals surface area (Å²) in [6, 6.07) is 0. The Morgan fingerprint density at radius 1 is 0.920 bits per heavy atom. The summed E-state index contributed by atoms with van der Waals surface area (Å²) in [6.45, 7) is 4.98. The maximum absolute atomic E-state index is 5.74. The van der Waals surface area contributed by atoms with E-state index in [-0.39, 0.29) is 0 Å². The fraction of sp³-hybridized carbons (Fsp3) is 0.864. The number of aliphatic imine (C=N–C) groups is 1. The van der Waals surface area contributed by atoms with E-state index < -0.39 is 0 Å². The molecular weight excluding hydrogens is 306 g/mol. The van der Waals surface area contributed by atoms with Crippen molar-refractivity contribution in [2.75, 3.05) is 19.6 Å². The standard InChI is InChI=1S/C22H43N3/c1-2-3-4-5-6-7-8-9-10-11-12-13-14-15-16-22(17-18-23)25-20-19-24-21-25/h16,21H,2-15,17-20,23H2,1H3. The molecule has 0 amide bonds. The quantitative estimate of drug-likeness (QED) is 0.325. The van der Waals surface area contributed by atoms with Crippen LogP contribution >= 0.6 is 0 Å². The molecule has 2 N–H and O–H groups in total. The van der Waals surface area contributed by atoms with E-state index in [4.69, 9.17) is 5.73 Å². The molecule has 0 aromatic carbocycles. The molecule has 0 unspecified atom stereocenters. The molecule has 3 nitrogen and oxygen atoms in total. The first-order valence-electron chi connectivity index (χ1n) is 11.0. The van der Waals surface area contributed by atoms with E-state index >= 15 is 0 Å². The summed E-state index contributed by atoms with van der Waals surface area (Å²) in [5.41, 5.74) is 7.11. The molecular formula is C22H43N3. The van der Waals surface area contributed by atoms with Crippen LogP contribution in [0, 0.1) is 0 Å². The van der Waals surface area contributed by atoms with Gasteiger partial charge < -0.3 is 10.6 Å². The molecule has 25 heavy (non-hydrogen) atoms. The predicted octanol–water partition coefficient (Wildman–Crippen LogP) is 6.04. The van der Waals surface area contributed by atoms with Crippen molar-refractivity contribution in [2.24, 2.45) is 10.7 Å². The summed E-state index contributed by atoms with van der Waals surface area (Å²) in [7, 11) is 0. The highest BCUT2D eigenvalue weighted by Crippen LogP contribution is 2.15. The summed E-state index contributed by atoms with van der Waals surface area (Å²) in [5.74, 6) is 0. The maximum atomic E-state index is 5.74. The van der Waals surface area contributed by atoms with E-state index in [1.54, 1.807) is 0 Å². The van der Waals surface area contributed by atoms with Crippen molar-refractivity contribution in [1.82, 2.24) is 4.90 Å². The third-order valence-corrected chi connectivity index (χ3v) is 5.15. The summed E-state index contributed by atoms with van der Waals surface area (Å²) in [5, 5.41) is 0. The van der Waals surface area contributed by atoms with Gasteiger partial charge in [0.25, 0.3) is 0 Å². The Morgan fingerprint density at radius 3 is 1.96 bits per heavy atom. The Morgan fingerprint density at radius 2 is 1.48 bits per heavy atom. The van der Waals surface area contributed by atoms with Crippen molar-refractivity contribution < 1.29 is 0 Å². The van der Waals surface area contributed by atoms with Gasteiger partial charge in [-0.1, -0.05) is 90.0 Å². The maximum Gasteiger partial charge on any atom is 0.0893 e. The third kappa shape index (κ3) is 12.2. The molecule has 0 bridgehead atoms. The lowest BCUT2D eigenvalue weighted by molar-refractivity contribution is 0.532. The van der Waals surface area contributed by atoms with Gasteiger partial charge in [0.15, 0.2) is 0 Å². The smallest absolute Gasteiger partial charge is 0.0893 e. The third-order valence-electron chi connectivity index (χ3n) is 5.15. The summed E-state index contributed by atoms with van der Waals surface area (Å²) in [4.78, 5) is 6.58. The minimum absolute atomic E-state index is 0.731. The fourth-order valence-corrected chi connectivity index (χ4v) is 3.54. The molecule has 0 spiro atoms. The highest BCUT2D eigenvalue weighted by atomic mass is 15.2. The second-order valence-electron chi connectivity index (χ2n) is 7.48. The molecule has 0 saturated heterocycles. The molecule has 0 fully saturated rings. The number of nitrogens with two attached hydrogens (primary N) is 1. The zero-order valence-electron chi connectivity index (χ0n) is 16.9. The van der Waals surface area contributed by atoms with Crippen molar-refractivity contribution in [3.63, 3.8) is 0 Å². The van der Waals surface area contributed by atoms with E-state index in [0.29, 0.717) is 0 Å². The molecule has 146 valence electrons. The molecule has 1 heterocycles. The van der Waals surface area contributed by atoms with Gasteiger partial charge in [-0.05, 0) is 25.8 Å². The second kappa shape index (κ2) is 16.6. The largest absolute Gasteiger partial charge is 0.335 e. The van der Waals surface area contributed by atoms with Crippen LogP contribution in [0.5, 0.6) is 0 Å². The van der Waals surface area contributed by atoms with Gasteiger partial charge in [0.05, 0.1) is 12.9 Å². The van der Waals surface area contributed by atoms with Crippen LogP contribution in [0.25, 0.3) is 0 Å². The molecule has 0 atom stereocenters. The van der Waals surface area contributed by atoms with Crippen LogP contribution in [0.4, 0.5) is 0 Å². The molecule has 0 saturated carbocycles. The predicted molar refractivity (Wildman–Crippen MR) is 112 cm³/mol. The number of unbranched alkanes of at least 4 members (excludes halogenated alkanes) is 13. The van der Waals surface area contributed by atoms with Crippen molar-refractivity contribution in [2.45, 2.75) is 103 Å². The van der Waals surface area contributed by atoms with Crippen molar-refractivity contribution in [3.8, 4) is 0 Å². The second-order valence-corrected chi connectivity index (χ2v) is 7.48. The Bertz CT molecular complexity index is 349. The van der Waals surface area contributed by atoms with E-state index in [9.17, 15) is 0 Å². The first-order chi connectivity index (χ1) is 12.4. The molecule has 0 radical (unpaired) electrons. The molecule has 1 aliphatic heterocycles. The lowest BCUT2D eigenvalue weighted by atomic mass is 10.0. The molecule has 0 aromatic heterocycles. The summed E-state index contributed by atoms with van der Waals surface area (Å²) in [6.07, 6.45) is 25.0. The highest BCUT2D eigenvalue weighted by molar-refractivity contribution is 5.60. The monoisotopic (exact) mass is 349 g/mol. The highest BCUT2D eigenvalue weighted by Gasteiger charge is 2.09. The SMILES string of the molecule is CCCCCCCCCCCCCCCC=C(CCN)N1C=NCC1. The van der Waals surface area contributed by atoms with Gasteiger partial charge in [-0.25, -0.2) is 0 Å². The van der Waals surface area contributed by atoms with Crippen LogP contribution < -0.4 is 5.73 Å².